The largest absolute Gasteiger partial charge is 0.399 e. The molecule has 5 N–H and O–H groups in total. The second kappa shape index (κ2) is 4.63. The summed E-state index contributed by atoms with van der Waals surface area (Å²) in [7, 11) is 1.63. The predicted octanol–water partition coefficient (Wildman–Crippen LogP) is 0.694. The van der Waals surface area contributed by atoms with Crippen LogP contribution in [0.15, 0.2) is 18.2 Å². The van der Waals surface area contributed by atoms with Gasteiger partial charge in [0.05, 0.1) is 17.7 Å². The molecule has 0 aliphatic carbocycles. The number of carbonyl (C=O) groups is 1. The highest BCUT2D eigenvalue weighted by molar-refractivity contribution is 5.99. The van der Waals surface area contributed by atoms with Gasteiger partial charge in [-0.2, -0.15) is 0 Å². The molecule has 0 aliphatic heterocycles. The Bertz CT molecular complexity index is 430. The van der Waals surface area contributed by atoms with E-state index in [1.54, 1.807) is 39.1 Å². The second-order valence-electron chi connectivity index (χ2n) is 4.68. The summed E-state index contributed by atoms with van der Waals surface area (Å²) < 4.78 is 0. The van der Waals surface area contributed by atoms with Gasteiger partial charge in [0, 0.05) is 18.4 Å². The lowest BCUT2D eigenvalue weighted by atomic mass is 10.0. The molecule has 5 heteroatoms. The Hall–Kier alpha value is -1.75. The third-order valence-corrected chi connectivity index (χ3v) is 2.91. The molecule has 1 aromatic carbocycles. The van der Waals surface area contributed by atoms with Gasteiger partial charge in [-0.1, -0.05) is 0 Å². The van der Waals surface area contributed by atoms with Gasteiger partial charge >= 0.3 is 0 Å². The van der Waals surface area contributed by atoms with Crippen LogP contribution in [0.2, 0.25) is 0 Å². The minimum atomic E-state index is -0.634. The van der Waals surface area contributed by atoms with Crippen molar-refractivity contribution in [1.29, 1.82) is 0 Å². The zero-order valence-corrected chi connectivity index (χ0v) is 10.4. The van der Waals surface area contributed by atoms with Gasteiger partial charge in [0.25, 0.3) is 5.91 Å². The van der Waals surface area contributed by atoms with E-state index in [0.717, 1.165) is 0 Å². The number of amides is 1. The molecule has 17 heavy (non-hydrogen) atoms. The van der Waals surface area contributed by atoms with E-state index in [1.165, 1.54) is 4.90 Å². The molecule has 0 aromatic heterocycles. The van der Waals surface area contributed by atoms with E-state index < -0.39 is 5.54 Å². The SMILES string of the molecule is CN(C(=O)c1ccc(N)cc1N)C(C)(C)CO. The molecule has 0 heterocycles. The number of carbonyl (C=O) groups excluding carboxylic acids is 1. The third-order valence-electron chi connectivity index (χ3n) is 2.91. The molecule has 5 nitrogen and oxygen atoms in total. The Balaban J connectivity index is 3.05. The van der Waals surface area contributed by atoms with Crippen LogP contribution in [0.1, 0.15) is 24.2 Å². The third kappa shape index (κ3) is 2.68. The molecular weight excluding hydrogens is 218 g/mol. The minimum absolute atomic E-state index is 0.121. The van der Waals surface area contributed by atoms with Gasteiger partial charge in [-0.3, -0.25) is 4.79 Å². The smallest absolute Gasteiger partial charge is 0.256 e. The first kappa shape index (κ1) is 13.3. The monoisotopic (exact) mass is 237 g/mol. The van der Waals surface area contributed by atoms with E-state index in [9.17, 15) is 9.90 Å². The fraction of sp³-hybridized carbons (Fsp3) is 0.417. The first-order chi connectivity index (χ1) is 7.79. The Morgan fingerprint density at radius 3 is 2.47 bits per heavy atom. The predicted molar refractivity (Wildman–Crippen MR) is 68.5 cm³/mol. The molecule has 0 spiro atoms. The van der Waals surface area contributed by atoms with Crippen molar-refractivity contribution < 1.29 is 9.90 Å². The van der Waals surface area contributed by atoms with Crippen molar-refractivity contribution >= 4 is 17.3 Å². The van der Waals surface area contributed by atoms with Crippen molar-refractivity contribution in [3.63, 3.8) is 0 Å². The maximum atomic E-state index is 12.2. The first-order valence-corrected chi connectivity index (χ1v) is 5.33. The number of aliphatic hydroxyl groups is 1. The molecular formula is C12H19N3O2. The lowest BCUT2D eigenvalue weighted by molar-refractivity contribution is 0.0474. The number of nitrogens with two attached hydrogens (primary N) is 2. The fourth-order valence-corrected chi connectivity index (χ4v) is 1.34. The highest BCUT2D eigenvalue weighted by atomic mass is 16.3. The Labute approximate surface area is 101 Å². The summed E-state index contributed by atoms with van der Waals surface area (Å²) in [6.45, 7) is 3.43. The normalized spacial score (nSPS) is 11.3. The van der Waals surface area contributed by atoms with Gasteiger partial charge in [-0.25, -0.2) is 0 Å². The van der Waals surface area contributed by atoms with Gasteiger partial charge in [0.2, 0.25) is 0 Å². The average Bonchev–Trinajstić information content (AvgIpc) is 2.27. The molecule has 0 fully saturated rings. The van der Waals surface area contributed by atoms with Crippen LogP contribution >= 0.6 is 0 Å². The molecule has 1 aromatic rings. The van der Waals surface area contributed by atoms with E-state index in [0.29, 0.717) is 16.9 Å². The summed E-state index contributed by atoms with van der Waals surface area (Å²) in [5.74, 6) is -0.235. The molecule has 94 valence electrons. The molecule has 1 rings (SSSR count). The summed E-state index contributed by atoms with van der Waals surface area (Å²) in [5, 5.41) is 9.23. The van der Waals surface area contributed by atoms with Crippen LogP contribution in [0.3, 0.4) is 0 Å². The van der Waals surface area contributed by atoms with Crippen molar-refractivity contribution in [2.75, 3.05) is 25.1 Å². The molecule has 0 bridgehead atoms. The Morgan fingerprint density at radius 1 is 1.41 bits per heavy atom. The highest BCUT2D eigenvalue weighted by Gasteiger charge is 2.28. The van der Waals surface area contributed by atoms with E-state index in [2.05, 4.69) is 0 Å². The maximum Gasteiger partial charge on any atom is 0.256 e. The van der Waals surface area contributed by atoms with E-state index in [1.807, 2.05) is 0 Å². The lowest BCUT2D eigenvalue weighted by Crippen LogP contribution is -2.47. The van der Waals surface area contributed by atoms with Gasteiger partial charge in [0.1, 0.15) is 0 Å². The average molecular weight is 237 g/mol. The molecule has 1 amide bonds. The van der Waals surface area contributed by atoms with Crippen LogP contribution in [-0.2, 0) is 0 Å². The second-order valence-corrected chi connectivity index (χ2v) is 4.68. The number of hydrogen-bond acceptors (Lipinski definition) is 4. The maximum absolute atomic E-state index is 12.2. The number of aliphatic hydroxyl groups excluding tert-OH is 1. The van der Waals surface area contributed by atoms with Crippen LogP contribution in [0.25, 0.3) is 0 Å². The molecule has 0 aliphatic rings. The number of nitrogens with zero attached hydrogens (tertiary/aromatic N) is 1. The quantitative estimate of drug-likeness (QED) is 0.674. The number of likely N-dealkylation sites (N-methyl/N-ethyl adjacent to an activating group) is 1. The first-order valence-electron chi connectivity index (χ1n) is 5.33. The lowest BCUT2D eigenvalue weighted by Gasteiger charge is -2.34. The van der Waals surface area contributed by atoms with Gasteiger partial charge in [-0.15, -0.1) is 0 Å². The molecule has 0 saturated heterocycles. The summed E-state index contributed by atoms with van der Waals surface area (Å²) in [4.78, 5) is 13.6. The number of nitrogen functional groups attached to an aromatic ring is 2. The number of rotatable bonds is 3. The molecule has 0 unspecified atom stereocenters. The van der Waals surface area contributed by atoms with Gasteiger partial charge in [-0.05, 0) is 32.0 Å². The van der Waals surface area contributed by atoms with Crippen LogP contribution in [0.4, 0.5) is 11.4 Å². The number of anilines is 2. The summed E-state index contributed by atoms with van der Waals surface area (Å²) in [5.41, 5.74) is 11.9. The van der Waals surface area contributed by atoms with E-state index >= 15 is 0 Å². The molecule has 0 atom stereocenters. The van der Waals surface area contributed by atoms with E-state index in [4.69, 9.17) is 11.5 Å². The van der Waals surface area contributed by atoms with Crippen molar-refractivity contribution in [3.8, 4) is 0 Å². The minimum Gasteiger partial charge on any atom is -0.399 e. The topological polar surface area (TPSA) is 92.6 Å². The zero-order valence-electron chi connectivity index (χ0n) is 10.4. The van der Waals surface area contributed by atoms with Crippen molar-refractivity contribution in [1.82, 2.24) is 4.90 Å². The zero-order chi connectivity index (χ0) is 13.2. The van der Waals surface area contributed by atoms with Crippen LogP contribution in [-0.4, -0.2) is 35.1 Å². The standard InChI is InChI=1S/C12H19N3O2/c1-12(2,7-16)15(3)11(17)9-5-4-8(13)6-10(9)14/h4-6,16H,7,13-14H2,1-3H3. The fourth-order valence-electron chi connectivity index (χ4n) is 1.34. The van der Waals surface area contributed by atoms with Crippen molar-refractivity contribution in [2.45, 2.75) is 19.4 Å². The Morgan fingerprint density at radius 2 is 2.00 bits per heavy atom. The highest BCUT2D eigenvalue weighted by Crippen LogP contribution is 2.21. The van der Waals surface area contributed by atoms with Gasteiger partial charge in [0.15, 0.2) is 0 Å². The van der Waals surface area contributed by atoms with Crippen LogP contribution < -0.4 is 11.5 Å². The molecule has 0 radical (unpaired) electrons. The number of benzene rings is 1. The van der Waals surface area contributed by atoms with Gasteiger partial charge < -0.3 is 21.5 Å². The summed E-state index contributed by atoms with van der Waals surface area (Å²) in [6, 6.07) is 4.77. The molecule has 0 saturated carbocycles. The summed E-state index contributed by atoms with van der Waals surface area (Å²) >= 11 is 0. The summed E-state index contributed by atoms with van der Waals surface area (Å²) in [6.07, 6.45) is 0. The Kier molecular flexibility index (Phi) is 3.63. The van der Waals surface area contributed by atoms with Crippen molar-refractivity contribution in [2.24, 2.45) is 0 Å². The number of hydrogen-bond donors (Lipinski definition) is 3. The van der Waals surface area contributed by atoms with Crippen LogP contribution in [0, 0.1) is 0 Å². The van der Waals surface area contributed by atoms with E-state index in [-0.39, 0.29) is 12.5 Å². The van der Waals surface area contributed by atoms with Crippen LogP contribution in [0.5, 0.6) is 0 Å². The van der Waals surface area contributed by atoms with Crippen molar-refractivity contribution in [3.05, 3.63) is 23.8 Å².